The molecule has 0 radical (unpaired) electrons. The Labute approximate surface area is 110 Å². The van der Waals surface area contributed by atoms with Crippen LogP contribution in [0.25, 0.3) is 0 Å². The van der Waals surface area contributed by atoms with E-state index in [0.29, 0.717) is 0 Å². The second-order valence-corrected chi connectivity index (χ2v) is 5.14. The molecule has 2 heterocycles. The maximum Gasteiger partial charge on any atom is 0.128 e. The van der Waals surface area contributed by atoms with Crippen LogP contribution < -0.4 is 10.2 Å². The molecule has 1 fully saturated rings. The predicted molar refractivity (Wildman–Crippen MR) is 76.0 cm³/mol. The number of hydrogen-bond donors (Lipinski definition) is 1. The van der Waals surface area contributed by atoms with E-state index in [-0.39, 0.29) is 0 Å². The van der Waals surface area contributed by atoms with Crippen LogP contribution in [-0.4, -0.2) is 56.2 Å². The van der Waals surface area contributed by atoms with E-state index in [1.165, 1.54) is 6.54 Å². The van der Waals surface area contributed by atoms with Gasteiger partial charge in [0, 0.05) is 38.9 Å². The monoisotopic (exact) mass is 248 g/mol. The van der Waals surface area contributed by atoms with E-state index in [0.717, 1.165) is 44.5 Å². The van der Waals surface area contributed by atoms with Crippen molar-refractivity contribution in [1.82, 2.24) is 15.2 Å². The first-order chi connectivity index (χ1) is 8.79. The quantitative estimate of drug-likeness (QED) is 0.844. The summed E-state index contributed by atoms with van der Waals surface area (Å²) in [7, 11) is 2.02. The molecule has 100 valence electrons. The number of hydrogen-bond acceptors (Lipinski definition) is 4. The van der Waals surface area contributed by atoms with Crippen LogP contribution in [0, 0.1) is 5.92 Å². The van der Waals surface area contributed by atoms with Crippen molar-refractivity contribution in [1.29, 1.82) is 0 Å². The molecule has 0 bridgehead atoms. The van der Waals surface area contributed by atoms with Crippen LogP contribution in [0.3, 0.4) is 0 Å². The highest BCUT2D eigenvalue weighted by molar-refractivity contribution is 5.38. The van der Waals surface area contributed by atoms with Crippen molar-refractivity contribution in [3.63, 3.8) is 0 Å². The zero-order valence-corrected chi connectivity index (χ0v) is 11.5. The summed E-state index contributed by atoms with van der Waals surface area (Å²) >= 11 is 0. The molecule has 1 aliphatic heterocycles. The molecular formula is C14H24N4. The zero-order chi connectivity index (χ0) is 12.8. The van der Waals surface area contributed by atoms with Gasteiger partial charge in [-0.2, -0.15) is 0 Å². The van der Waals surface area contributed by atoms with Crippen molar-refractivity contribution >= 4 is 5.82 Å². The molecule has 0 spiro atoms. The molecule has 1 aliphatic rings. The fourth-order valence-electron chi connectivity index (χ4n) is 2.55. The molecule has 0 aromatic carbocycles. The predicted octanol–water partition coefficient (Wildman–Crippen LogP) is 1.06. The van der Waals surface area contributed by atoms with Crippen molar-refractivity contribution in [2.24, 2.45) is 5.92 Å². The number of piperazine rings is 1. The third-order valence-corrected chi connectivity index (χ3v) is 3.47. The summed E-state index contributed by atoms with van der Waals surface area (Å²) in [6, 6.07) is 6.13. The molecule has 1 aromatic heterocycles. The van der Waals surface area contributed by atoms with Crippen LogP contribution in [0.5, 0.6) is 0 Å². The first-order valence-corrected chi connectivity index (χ1v) is 6.82. The number of anilines is 1. The molecule has 0 aliphatic carbocycles. The average Bonchev–Trinajstić information content (AvgIpc) is 2.41. The fraction of sp³-hybridized carbons (Fsp3) is 0.643. The Bertz CT molecular complexity index is 333. The maximum absolute atomic E-state index is 4.42. The van der Waals surface area contributed by atoms with Gasteiger partial charge in [-0.25, -0.2) is 4.98 Å². The standard InChI is InChI=1S/C14H24N4/c1-13(11-15-2)12-17-7-9-18(10-8-17)14-5-3-4-6-16-14/h3-6,13,15H,7-12H2,1-2H3. The van der Waals surface area contributed by atoms with E-state index in [9.17, 15) is 0 Å². The van der Waals surface area contributed by atoms with E-state index in [4.69, 9.17) is 0 Å². The second kappa shape index (κ2) is 6.71. The van der Waals surface area contributed by atoms with Gasteiger partial charge in [0.05, 0.1) is 0 Å². The summed E-state index contributed by atoms with van der Waals surface area (Å²) in [6.07, 6.45) is 1.87. The Morgan fingerprint density at radius 1 is 1.28 bits per heavy atom. The summed E-state index contributed by atoms with van der Waals surface area (Å²) in [5.74, 6) is 1.83. The van der Waals surface area contributed by atoms with Gasteiger partial charge in [-0.15, -0.1) is 0 Å². The fourth-order valence-corrected chi connectivity index (χ4v) is 2.55. The Kier molecular flexibility index (Phi) is 4.96. The van der Waals surface area contributed by atoms with Gasteiger partial charge >= 0.3 is 0 Å². The van der Waals surface area contributed by atoms with Crippen LogP contribution >= 0.6 is 0 Å². The lowest BCUT2D eigenvalue weighted by Gasteiger charge is -2.36. The third-order valence-electron chi connectivity index (χ3n) is 3.47. The molecular weight excluding hydrogens is 224 g/mol. The smallest absolute Gasteiger partial charge is 0.128 e. The number of rotatable bonds is 5. The van der Waals surface area contributed by atoms with E-state index < -0.39 is 0 Å². The van der Waals surface area contributed by atoms with Gasteiger partial charge in [-0.05, 0) is 31.6 Å². The summed E-state index contributed by atoms with van der Waals surface area (Å²) in [5, 5.41) is 3.24. The van der Waals surface area contributed by atoms with E-state index in [1.807, 2.05) is 19.3 Å². The Morgan fingerprint density at radius 3 is 2.67 bits per heavy atom. The van der Waals surface area contributed by atoms with Crippen LogP contribution in [-0.2, 0) is 0 Å². The SMILES string of the molecule is CNCC(C)CN1CCN(c2ccccn2)CC1. The lowest BCUT2D eigenvalue weighted by molar-refractivity contribution is 0.223. The molecule has 0 saturated carbocycles. The van der Waals surface area contributed by atoms with Crippen LogP contribution in [0.1, 0.15) is 6.92 Å². The number of aromatic nitrogens is 1. The van der Waals surface area contributed by atoms with Crippen molar-refractivity contribution in [2.75, 3.05) is 51.2 Å². The molecule has 2 rings (SSSR count). The van der Waals surface area contributed by atoms with Gasteiger partial charge in [0.2, 0.25) is 0 Å². The van der Waals surface area contributed by atoms with Crippen LogP contribution in [0.2, 0.25) is 0 Å². The minimum Gasteiger partial charge on any atom is -0.354 e. The van der Waals surface area contributed by atoms with Gasteiger partial charge in [0.25, 0.3) is 0 Å². The molecule has 4 heteroatoms. The van der Waals surface area contributed by atoms with Gasteiger partial charge in [-0.3, -0.25) is 4.90 Å². The minimum atomic E-state index is 0.719. The molecule has 18 heavy (non-hydrogen) atoms. The van der Waals surface area contributed by atoms with Crippen molar-refractivity contribution in [3.8, 4) is 0 Å². The highest BCUT2D eigenvalue weighted by Gasteiger charge is 2.18. The largest absolute Gasteiger partial charge is 0.354 e. The van der Waals surface area contributed by atoms with Crippen molar-refractivity contribution in [3.05, 3.63) is 24.4 Å². The van der Waals surface area contributed by atoms with Crippen LogP contribution in [0.15, 0.2) is 24.4 Å². The topological polar surface area (TPSA) is 31.4 Å². The number of nitrogens with one attached hydrogen (secondary N) is 1. The van der Waals surface area contributed by atoms with Crippen LogP contribution in [0.4, 0.5) is 5.82 Å². The Balaban J connectivity index is 1.78. The second-order valence-electron chi connectivity index (χ2n) is 5.14. The number of pyridine rings is 1. The van der Waals surface area contributed by atoms with Crippen molar-refractivity contribution < 1.29 is 0 Å². The first-order valence-electron chi connectivity index (χ1n) is 6.82. The molecule has 1 aromatic rings. The zero-order valence-electron chi connectivity index (χ0n) is 11.5. The summed E-state index contributed by atoms with van der Waals surface area (Å²) in [6.45, 7) is 9.06. The van der Waals surface area contributed by atoms with E-state index in [1.54, 1.807) is 0 Å². The molecule has 1 saturated heterocycles. The summed E-state index contributed by atoms with van der Waals surface area (Å²) in [4.78, 5) is 9.35. The van der Waals surface area contributed by atoms with Gasteiger partial charge in [0.15, 0.2) is 0 Å². The number of nitrogens with zero attached hydrogens (tertiary/aromatic N) is 3. The third kappa shape index (κ3) is 3.68. The Hall–Kier alpha value is -1.13. The highest BCUT2D eigenvalue weighted by Crippen LogP contribution is 2.13. The maximum atomic E-state index is 4.42. The van der Waals surface area contributed by atoms with Gasteiger partial charge in [-0.1, -0.05) is 13.0 Å². The van der Waals surface area contributed by atoms with Crippen molar-refractivity contribution in [2.45, 2.75) is 6.92 Å². The molecule has 4 nitrogen and oxygen atoms in total. The lowest BCUT2D eigenvalue weighted by atomic mass is 10.1. The minimum absolute atomic E-state index is 0.719. The van der Waals surface area contributed by atoms with Gasteiger partial charge < -0.3 is 10.2 Å². The normalized spacial score (nSPS) is 18.9. The lowest BCUT2D eigenvalue weighted by Crippen LogP contribution is -2.48. The molecule has 1 unspecified atom stereocenters. The van der Waals surface area contributed by atoms with Gasteiger partial charge in [0.1, 0.15) is 5.82 Å². The first kappa shape index (κ1) is 13.3. The average molecular weight is 248 g/mol. The molecule has 0 amide bonds. The van der Waals surface area contributed by atoms with E-state index >= 15 is 0 Å². The Morgan fingerprint density at radius 2 is 2.06 bits per heavy atom. The summed E-state index contributed by atoms with van der Waals surface area (Å²) in [5.41, 5.74) is 0. The molecule has 1 N–H and O–H groups in total. The highest BCUT2D eigenvalue weighted by atomic mass is 15.3. The van der Waals surface area contributed by atoms with E-state index in [2.05, 4.69) is 39.2 Å². The molecule has 1 atom stereocenters. The summed E-state index contributed by atoms with van der Waals surface area (Å²) < 4.78 is 0.